The van der Waals surface area contributed by atoms with Gasteiger partial charge in [-0.15, -0.1) is 0 Å². The second-order valence-electron chi connectivity index (χ2n) is 16.9. The van der Waals surface area contributed by atoms with Gasteiger partial charge in [-0.1, -0.05) is 90.0 Å². The number of rotatable bonds is 1. The van der Waals surface area contributed by atoms with Gasteiger partial charge in [-0.2, -0.15) is 0 Å². The molecule has 66 heavy (non-hydrogen) atoms. The molecular formula is C53H94O13. The lowest BCUT2D eigenvalue weighted by molar-refractivity contribution is -0.147. The van der Waals surface area contributed by atoms with E-state index in [0.717, 1.165) is 89.4 Å². The Morgan fingerprint density at radius 1 is 0.439 bits per heavy atom. The van der Waals surface area contributed by atoms with E-state index in [0.29, 0.717) is 56.0 Å². The minimum atomic E-state index is -0.0463. The summed E-state index contributed by atoms with van der Waals surface area (Å²) in [5.74, 6) is 2.96. The van der Waals surface area contributed by atoms with Crippen molar-refractivity contribution in [3.05, 3.63) is 0 Å². The molecule has 13 nitrogen and oxygen atoms in total. The van der Waals surface area contributed by atoms with Crippen LogP contribution in [0.2, 0.25) is 0 Å². The van der Waals surface area contributed by atoms with Gasteiger partial charge >= 0.3 is 35.8 Å². The van der Waals surface area contributed by atoms with Gasteiger partial charge in [0.15, 0.2) is 0 Å². The van der Waals surface area contributed by atoms with E-state index < -0.39 is 0 Å². The molecule has 0 aromatic heterocycles. The van der Waals surface area contributed by atoms with E-state index in [-0.39, 0.29) is 78.0 Å². The van der Waals surface area contributed by atoms with Crippen LogP contribution in [0.15, 0.2) is 0 Å². The first-order valence-electron chi connectivity index (χ1n) is 27.0. The molecule has 0 spiro atoms. The minimum Gasteiger partial charge on any atom is -0.466 e. The monoisotopic (exact) mass is 939 g/mol. The average molecular weight is 939 g/mol. The van der Waals surface area contributed by atoms with Gasteiger partial charge in [0, 0.05) is 31.1 Å². The fraction of sp³-hybridized carbons (Fsp3) is 0.887. The number of carbonyl (C=O) groups excluding carboxylic acids is 6. The highest BCUT2D eigenvalue weighted by Gasteiger charge is 2.58. The second kappa shape index (κ2) is 34.1. The highest BCUT2D eigenvalue weighted by Crippen LogP contribution is 2.51. The summed E-state index contributed by atoms with van der Waals surface area (Å²) in [6, 6.07) is 0. The van der Waals surface area contributed by atoms with Crippen LogP contribution in [-0.2, 0) is 61.9 Å². The number of hydrogen-bond acceptors (Lipinski definition) is 13. The molecule has 13 heteroatoms. The van der Waals surface area contributed by atoms with Crippen molar-refractivity contribution in [1.29, 1.82) is 0 Å². The van der Waals surface area contributed by atoms with Gasteiger partial charge in [-0.05, 0) is 109 Å². The highest BCUT2D eigenvalue weighted by atomic mass is 16.6. The predicted molar refractivity (Wildman–Crippen MR) is 256 cm³/mol. The van der Waals surface area contributed by atoms with Crippen LogP contribution < -0.4 is 0 Å². The molecule has 0 amide bonds. The molecule has 8 heterocycles. The van der Waals surface area contributed by atoms with E-state index >= 15 is 0 Å². The van der Waals surface area contributed by atoms with Gasteiger partial charge in [0.2, 0.25) is 0 Å². The summed E-state index contributed by atoms with van der Waals surface area (Å²) >= 11 is 0. The van der Waals surface area contributed by atoms with Gasteiger partial charge < -0.3 is 33.2 Å². The molecule has 0 N–H and O–H groups in total. The molecule has 10 bridgehead atoms. The van der Waals surface area contributed by atoms with Crippen molar-refractivity contribution in [2.24, 2.45) is 41.4 Å². The fourth-order valence-corrected chi connectivity index (χ4v) is 10.6. The Balaban J connectivity index is 0.000000382. The van der Waals surface area contributed by atoms with Crippen LogP contribution in [0.5, 0.6) is 0 Å². The Bertz CT molecular complexity index is 1360. The predicted octanol–water partition coefficient (Wildman–Crippen LogP) is 11.5. The van der Waals surface area contributed by atoms with Crippen LogP contribution in [0.4, 0.5) is 0 Å². The lowest BCUT2D eigenvalue weighted by atomic mass is 9.65. The number of cyclic esters (lactones) is 2. The molecule has 13 fully saturated rings. The molecule has 8 saturated heterocycles. The molecule has 0 aromatic carbocycles. The number of ether oxygens (including phenoxy) is 7. The van der Waals surface area contributed by atoms with E-state index in [1.54, 1.807) is 0 Å². The first kappa shape index (κ1) is 60.8. The molecule has 5 aliphatic carbocycles. The second-order valence-corrected chi connectivity index (χ2v) is 16.9. The lowest BCUT2D eigenvalue weighted by Gasteiger charge is -2.38. The number of fused-ring (bicyclic) bond motifs is 6. The zero-order valence-electron chi connectivity index (χ0n) is 43.7. The van der Waals surface area contributed by atoms with Crippen LogP contribution in [0.3, 0.4) is 0 Å². The first-order chi connectivity index (χ1) is 32.2. The Kier molecular flexibility index (Phi) is 31.4. The van der Waals surface area contributed by atoms with Crippen LogP contribution in [-0.4, -0.2) is 85.7 Å². The van der Waals surface area contributed by atoms with Crippen molar-refractivity contribution in [3.8, 4) is 0 Å². The number of carbonyl (C=O) groups is 6. The summed E-state index contributed by atoms with van der Waals surface area (Å²) in [7, 11) is 0. The van der Waals surface area contributed by atoms with Crippen molar-refractivity contribution in [2.75, 3.05) is 13.2 Å². The fourth-order valence-electron chi connectivity index (χ4n) is 10.6. The van der Waals surface area contributed by atoms with E-state index in [1.165, 1.54) is 25.7 Å². The van der Waals surface area contributed by atoms with Crippen LogP contribution >= 0.6 is 0 Å². The molecule has 5 saturated carbocycles. The van der Waals surface area contributed by atoms with E-state index in [9.17, 15) is 28.8 Å². The Morgan fingerprint density at radius 3 is 1.44 bits per heavy atom. The summed E-state index contributed by atoms with van der Waals surface area (Å²) in [6.07, 6.45) is 21.1. The normalized spacial score (nSPS) is 34.6. The third kappa shape index (κ3) is 17.7. The van der Waals surface area contributed by atoms with Gasteiger partial charge in [-0.25, -0.2) is 0 Å². The van der Waals surface area contributed by atoms with Gasteiger partial charge in [-0.3, -0.25) is 28.8 Å². The standard InChI is InChI=1S/C9H12O2.C9H14O2.C7H8O3.C7H10O2.C5H8O2.C4H6O2.6C2H6/c10-9-7-3-5-1-2-6(7)8(4-5)11-9;1-2-6-7-4-3-5-8(6)11-9(7)10;8-7-4-1-3-2-5(10-7)6(4)9-3;8-7-5-2-1-3-6(4-5)9-7;6-5-3-1-2-4-7-5;5-4-2-1-3-6-4;6*1-2/h5-8H,1-4H2;6-8H,2-5H2,1H3;3-6H,1-2H2;5-6H,1-4H2;1-4H2;1-3H2;6*1-2H3. The van der Waals surface area contributed by atoms with E-state index in [1.807, 2.05) is 83.1 Å². The van der Waals surface area contributed by atoms with Crippen molar-refractivity contribution < 1.29 is 61.9 Å². The SMILES string of the molecule is CC.CC.CC.CC.CC.CC.CCC1C2CCCC1C(=O)O2.O=C1CCCCO1.O=C1CCCO1.O=C1OC2CC3CC1C2O3.O=C1OC2CC3CCC2C1C3.O=C1OC2CCCC1C2. The summed E-state index contributed by atoms with van der Waals surface area (Å²) in [6.45, 7) is 27.4. The average Bonchev–Trinajstić information content (AvgIpc) is 4.25. The quantitative estimate of drug-likeness (QED) is 0.180. The Labute approximate surface area is 399 Å². The molecule has 384 valence electrons. The van der Waals surface area contributed by atoms with Gasteiger partial charge in [0.25, 0.3) is 0 Å². The first-order valence-corrected chi connectivity index (χ1v) is 27.0. The van der Waals surface area contributed by atoms with Gasteiger partial charge in [0.05, 0.1) is 43.0 Å². The topological polar surface area (TPSA) is 167 Å². The summed E-state index contributed by atoms with van der Waals surface area (Å²) in [4.78, 5) is 64.5. The zero-order valence-corrected chi connectivity index (χ0v) is 43.7. The third-order valence-corrected chi connectivity index (χ3v) is 13.4. The summed E-state index contributed by atoms with van der Waals surface area (Å²) in [5, 5.41) is 0. The van der Waals surface area contributed by atoms with Crippen LogP contribution in [0.1, 0.15) is 212 Å². The molecule has 13 atom stereocenters. The Morgan fingerprint density at radius 2 is 1.02 bits per heavy atom. The molecule has 13 rings (SSSR count). The summed E-state index contributed by atoms with van der Waals surface area (Å²) in [5.41, 5.74) is 0. The number of hydrogen-bond donors (Lipinski definition) is 0. The molecule has 0 aromatic rings. The smallest absolute Gasteiger partial charge is 0.312 e. The highest BCUT2D eigenvalue weighted by molar-refractivity contribution is 5.77. The van der Waals surface area contributed by atoms with Crippen LogP contribution in [0, 0.1) is 41.4 Å². The zero-order chi connectivity index (χ0) is 49.8. The maximum absolute atomic E-state index is 11.2. The van der Waals surface area contributed by atoms with E-state index in [4.69, 9.17) is 23.7 Å². The maximum atomic E-state index is 11.2. The largest absolute Gasteiger partial charge is 0.466 e. The van der Waals surface area contributed by atoms with Gasteiger partial charge in [0.1, 0.15) is 30.5 Å². The lowest BCUT2D eigenvalue weighted by Crippen LogP contribution is -2.36. The molecule has 13 aliphatic rings. The van der Waals surface area contributed by atoms with Crippen molar-refractivity contribution >= 4 is 35.8 Å². The van der Waals surface area contributed by atoms with Crippen molar-refractivity contribution in [1.82, 2.24) is 0 Å². The summed E-state index contributed by atoms with van der Waals surface area (Å²) < 4.78 is 35.3. The number of esters is 6. The Hall–Kier alpha value is -3.22. The van der Waals surface area contributed by atoms with Crippen molar-refractivity contribution in [3.63, 3.8) is 0 Å². The van der Waals surface area contributed by atoms with E-state index in [2.05, 4.69) is 16.4 Å². The molecule has 13 unspecified atom stereocenters. The van der Waals surface area contributed by atoms with Crippen molar-refractivity contribution in [2.45, 2.75) is 249 Å². The molecular weight excluding hydrogens is 845 g/mol. The maximum Gasteiger partial charge on any atom is 0.312 e. The third-order valence-electron chi connectivity index (χ3n) is 13.4. The van der Waals surface area contributed by atoms with Crippen LogP contribution in [0.25, 0.3) is 0 Å². The molecule has 8 aliphatic heterocycles. The molecule has 0 radical (unpaired) electrons. The minimum absolute atomic E-state index is 0.0324.